The molecule has 1 heterocycles. The Bertz CT molecular complexity index is 1310. The van der Waals surface area contributed by atoms with E-state index < -0.39 is 11.0 Å². The van der Waals surface area contributed by atoms with Gasteiger partial charge in [-0.15, -0.1) is 0 Å². The Labute approximate surface area is 204 Å². The zero-order valence-corrected chi connectivity index (χ0v) is 19.0. The number of hydrogen-bond acceptors (Lipinski definition) is 4. The first kappa shape index (κ1) is 22.4. The SMILES string of the molecule is O=C(/C=C/c1ccccc1)[C@H]1[C@@H](c2cccc([N+](=O)[O-])c2)N1C(c1ccccc1)c1ccccc1. The number of nitrogens with zero attached hydrogens (tertiary/aromatic N) is 2. The van der Waals surface area contributed by atoms with Crippen LogP contribution in [0.5, 0.6) is 0 Å². The molecule has 5 nitrogen and oxygen atoms in total. The van der Waals surface area contributed by atoms with Crippen LogP contribution in [0.1, 0.15) is 34.3 Å². The monoisotopic (exact) mass is 460 g/mol. The molecular formula is C30H24N2O3. The summed E-state index contributed by atoms with van der Waals surface area (Å²) in [4.78, 5) is 26.7. The third-order valence-electron chi connectivity index (χ3n) is 6.33. The molecule has 35 heavy (non-hydrogen) atoms. The first-order valence-electron chi connectivity index (χ1n) is 11.5. The van der Waals surface area contributed by atoms with Gasteiger partial charge in [-0.25, -0.2) is 0 Å². The van der Waals surface area contributed by atoms with Gasteiger partial charge < -0.3 is 0 Å². The van der Waals surface area contributed by atoms with Gasteiger partial charge in [0.15, 0.2) is 5.78 Å². The molecule has 0 aromatic heterocycles. The summed E-state index contributed by atoms with van der Waals surface area (Å²) in [7, 11) is 0. The van der Waals surface area contributed by atoms with Gasteiger partial charge in [0.1, 0.15) is 0 Å². The van der Waals surface area contributed by atoms with Crippen LogP contribution in [0.3, 0.4) is 0 Å². The largest absolute Gasteiger partial charge is 0.293 e. The zero-order chi connectivity index (χ0) is 24.2. The summed E-state index contributed by atoms with van der Waals surface area (Å²) in [6.07, 6.45) is 3.45. The fraction of sp³-hybridized carbons (Fsp3) is 0.100. The standard InChI is InChI=1S/C30H24N2O3/c33-27(20-19-22-11-4-1-5-12-22)30-29(25-17-10-18-26(21-25)32(34)35)31(30)28(23-13-6-2-7-14-23)24-15-8-3-9-16-24/h1-21,28-30H/b20-19+/t29-,30+,31?/m1/s1. The van der Waals surface area contributed by atoms with Gasteiger partial charge in [0.05, 0.1) is 23.0 Å². The average Bonchev–Trinajstić information content (AvgIpc) is 3.64. The summed E-state index contributed by atoms with van der Waals surface area (Å²) < 4.78 is 0. The number of nitro groups is 1. The van der Waals surface area contributed by atoms with E-state index in [-0.39, 0.29) is 23.6 Å². The molecule has 1 fully saturated rings. The third kappa shape index (κ3) is 4.81. The molecule has 1 aliphatic heterocycles. The topological polar surface area (TPSA) is 63.2 Å². The summed E-state index contributed by atoms with van der Waals surface area (Å²) in [6, 6.07) is 35.6. The van der Waals surface area contributed by atoms with Crippen molar-refractivity contribution < 1.29 is 9.72 Å². The van der Waals surface area contributed by atoms with Gasteiger partial charge in [-0.1, -0.05) is 109 Å². The lowest BCUT2D eigenvalue weighted by Crippen LogP contribution is -2.17. The molecule has 0 N–H and O–H groups in total. The normalized spacial score (nSPS) is 19.1. The lowest BCUT2D eigenvalue weighted by Gasteiger charge is -2.21. The van der Waals surface area contributed by atoms with Crippen LogP contribution in [-0.2, 0) is 4.79 Å². The van der Waals surface area contributed by atoms with Gasteiger partial charge in [-0.2, -0.15) is 0 Å². The lowest BCUT2D eigenvalue weighted by atomic mass is 9.98. The van der Waals surface area contributed by atoms with Crippen molar-refractivity contribution in [3.05, 3.63) is 154 Å². The summed E-state index contributed by atoms with van der Waals surface area (Å²) in [6.45, 7) is 0. The molecule has 0 spiro atoms. The second kappa shape index (κ2) is 9.87. The molecule has 1 saturated heterocycles. The van der Waals surface area contributed by atoms with Crippen LogP contribution in [-0.4, -0.2) is 21.6 Å². The quantitative estimate of drug-likeness (QED) is 0.132. The van der Waals surface area contributed by atoms with Crippen LogP contribution in [0, 0.1) is 10.1 Å². The van der Waals surface area contributed by atoms with Crippen molar-refractivity contribution in [1.82, 2.24) is 4.90 Å². The molecule has 1 aliphatic rings. The van der Waals surface area contributed by atoms with E-state index in [9.17, 15) is 14.9 Å². The van der Waals surface area contributed by atoms with E-state index in [4.69, 9.17) is 0 Å². The van der Waals surface area contributed by atoms with Gasteiger partial charge in [0.2, 0.25) is 0 Å². The second-order valence-corrected chi connectivity index (χ2v) is 8.56. The van der Waals surface area contributed by atoms with Crippen molar-refractivity contribution in [1.29, 1.82) is 0 Å². The molecule has 4 aromatic carbocycles. The third-order valence-corrected chi connectivity index (χ3v) is 6.33. The molecular weight excluding hydrogens is 436 g/mol. The van der Waals surface area contributed by atoms with Gasteiger partial charge in [-0.3, -0.25) is 19.8 Å². The molecule has 5 heteroatoms. The maximum Gasteiger partial charge on any atom is 0.269 e. The van der Waals surface area contributed by atoms with Crippen molar-refractivity contribution in [3.8, 4) is 0 Å². The van der Waals surface area contributed by atoms with Crippen LogP contribution < -0.4 is 0 Å². The van der Waals surface area contributed by atoms with Gasteiger partial charge in [-0.05, 0) is 28.3 Å². The maximum atomic E-state index is 13.5. The Kier molecular flexibility index (Phi) is 6.33. The van der Waals surface area contributed by atoms with Gasteiger partial charge in [0, 0.05) is 12.1 Å². The smallest absolute Gasteiger partial charge is 0.269 e. The Morgan fingerprint density at radius 3 is 1.94 bits per heavy atom. The number of rotatable bonds is 8. The van der Waals surface area contributed by atoms with Crippen LogP contribution in [0.4, 0.5) is 5.69 Å². The number of nitro benzene ring substituents is 1. The van der Waals surface area contributed by atoms with E-state index in [1.54, 1.807) is 18.2 Å². The first-order chi connectivity index (χ1) is 17.1. The fourth-order valence-electron chi connectivity index (χ4n) is 4.70. The average molecular weight is 461 g/mol. The molecule has 1 unspecified atom stereocenters. The molecule has 0 aliphatic carbocycles. The van der Waals surface area contributed by atoms with Crippen LogP contribution in [0.15, 0.2) is 121 Å². The predicted molar refractivity (Wildman–Crippen MR) is 137 cm³/mol. The fourth-order valence-corrected chi connectivity index (χ4v) is 4.70. The molecule has 0 radical (unpaired) electrons. The number of carbonyl (C=O) groups excluding carboxylic acids is 1. The van der Waals surface area contributed by atoms with Crippen molar-refractivity contribution in [3.63, 3.8) is 0 Å². The minimum atomic E-state index is -0.428. The van der Waals surface area contributed by atoms with E-state index in [1.807, 2.05) is 78.9 Å². The number of hydrogen-bond donors (Lipinski definition) is 0. The second-order valence-electron chi connectivity index (χ2n) is 8.56. The zero-order valence-electron chi connectivity index (χ0n) is 19.0. The highest BCUT2D eigenvalue weighted by Gasteiger charge is 2.56. The summed E-state index contributed by atoms with van der Waals surface area (Å²) in [5, 5.41) is 11.4. The van der Waals surface area contributed by atoms with E-state index in [1.165, 1.54) is 6.07 Å². The number of benzene rings is 4. The molecule has 3 atom stereocenters. The number of ketones is 1. The Balaban J connectivity index is 1.56. The van der Waals surface area contributed by atoms with Crippen molar-refractivity contribution in [2.75, 3.05) is 0 Å². The summed E-state index contributed by atoms with van der Waals surface area (Å²) in [5.41, 5.74) is 3.87. The summed E-state index contributed by atoms with van der Waals surface area (Å²) in [5.74, 6) is -0.0257. The minimum absolute atomic E-state index is 0.0244. The van der Waals surface area contributed by atoms with Crippen molar-refractivity contribution >= 4 is 17.5 Å². The first-order valence-corrected chi connectivity index (χ1v) is 11.5. The highest BCUT2D eigenvalue weighted by atomic mass is 16.6. The highest BCUT2D eigenvalue weighted by molar-refractivity contribution is 6.00. The molecule has 172 valence electrons. The van der Waals surface area contributed by atoms with Gasteiger partial charge in [0.25, 0.3) is 5.69 Å². The van der Waals surface area contributed by atoms with E-state index in [0.717, 1.165) is 22.3 Å². The Morgan fingerprint density at radius 1 is 0.800 bits per heavy atom. The van der Waals surface area contributed by atoms with Crippen LogP contribution in [0.2, 0.25) is 0 Å². The van der Waals surface area contributed by atoms with Gasteiger partial charge >= 0.3 is 0 Å². The maximum absolute atomic E-state index is 13.5. The number of carbonyl (C=O) groups is 1. The molecule has 4 aromatic rings. The minimum Gasteiger partial charge on any atom is -0.293 e. The summed E-state index contributed by atoms with van der Waals surface area (Å²) >= 11 is 0. The number of non-ortho nitro benzene ring substituents is 1. The lowest BCUT2D eigenvalue weighted by molar-refractivity contribution is -0.384. The predicted octanol–water partition coefficient (Wildman–Crippen LogP) is 6.39. The van der Waals surface area contributed by atoms with E-state index in [2.05, 4.69) is 29.2 Å². The molecule has 0 saturated carbocycles. The van der Waals surface area contributed by atoms with E-state index in [0.29, 0.717) is 0 Å². The molecule has 0 bridgehead atoms. The van der Waals surface area contributed by atoms with Crippen molar-refractivity contribution in [2.24, 2.45) is 0 Å². The highest BCUT2D eigenvalue weighted by Crippen LogP contribution is 2.52. The van der Waals surface area contributed by atoms with Crippen LogP contribution >= 0.6 is 0 Å². The Morgan fingerprint density at radius 2 is 1.37 bits per heavy atom. The van der Waals surface area contributed by atoms with Crippen LogP contribution in [0.25, 0.3) is 6.08 Å². The van der Waals surface area contributed by atoms with E-state index >= 15 is 0 Å². The molecule has 0 amide bonds. The Hall–Kier alpha value is -4.35. The molecule has 5 rings (SSSR count). The van der Waals surface area contributed by atoms with Crippen molar-refractivity contribution in [2.45, 2.75) is 18.1 Å².